The van der Waals surface area contributed by atoms with Crippen molar-refractivity contribution in [2.45, 2.75) is 44.9 Å². The minimum atomic E-state index is 0.0318. The molecule has 4 heteroatoms. The van der Waals surface area contributed by atoms with E-state index >= 15 is 0 Å². The highest BCUT2D eigenvalue weighted by molar-refractivity contribution is 6.13. The van der Waals surface area contributed by atoms with Gasteiger partial charge in [-0.1, -0.05) is 110 Å². The highest BCUT2D eigenvalue weighted by Crippen LogP contribution is 2.54. The lowest BCUT2D eigenvalue weighted by Gasteiger charge is -2.26. The molecule has 0 spiro atoms. The predicted molar refractivity (Wildman–Crippen MR) is 163 cm³/mol. The van der Waals surface area contributed by atoms with Crippen LogP contribution >= 0.6 is 0 Å². The quantitative estimate of drug-likeness (QED) is 0.235. The summed E-state index contributed by atoms with van der Waals surface area (Å²) in [6.07, 6.45) is 4.83. The van der Waals surface area contributed by atoms with E-state index in [2.05, 4.69) is 79.1 Å². The van der Waals surface area contributed by atoms with E-state index in [1.165, 1.54) is 46.7 Å². The molecular formula is C36H30N4. The van der Waals surface area contributed by atoms with Gasteiger partial charge in [-0.3, -0.25) is 4.57 Å². The molecule has 0 radical (unpaired) electrons. The average Bonchev–Trinajstić information content (AvgIpc) is 3.47. The molecule has 0 saturated carbocycles. The maximum atomic E-state index is 5.16. The van der Waals surface area contributed by atoms with Crippen LogP contribution in [0.3, 0.4) is 0 Å². The molecule has 2 aromatic heterocycles. The van der Waals surface area contributed by atoms with Crippen molar-refractivity contribution in [3.05, 3.63) is 114 Å². The van der Waals surface area contributed by atoms with E-state index in [1.807, 2.05) is 36.4 Å². The largest absolute Gasteiger partial charge is 0.277 e. The topological polar surface area (TPSA) is 43.6 Å². The minimum Gasteiger partial charge on any atom is -0.277 e. The first-order valence-corrected chi connectivity index (χ1v) is 14.3. The zero-order chi connectivity index (χ0) is 26.8. The Balaban J connectivity index is 1.50. The lowest BCUT2D eigenvalue weighted by atomic mass is 9.77. The molecule has 194 valence electrons. The van der Waals surface area contributed by atoms with Gasteiger partial charge in [0, 0.05) is 32.9 Å². The second-order valence-electron chi connectivity index (χ2n) is 11.5. The molecule has 8 rings (SSSR count). The van der Waals surface area contributed by atoms with Crippen LogP contribution in [0, 0.1) is 0 Å². The van der Waals surface area contributed by atoms with E-state index in [4.69, 9.17) is 15.0 Å². The van der Waals surface area contributed by atoms with E-state index in [9.17, 15) is 0 Å². The van der Waals surface area contributed by atoms with Crippen LogP contribution in [0.5, 0.6) is 0 Å². The molecular weight excluding hydrogens is 488 g/mol. The molecule has 0 bridgehead atoms. The normalized spacial score (nSPS) is 15.9. The van der Waals surface area contributed by atoms with Crippen molar-refractivity contribution in [2.24, 2.45) is 0 Å². The van der Waals surface area contributed by atoms with Crippen molar-refractivity contribution in [2.75, 3.05) is 0 Å². The number of hydrogen-bond acceptors (Lipinski definition) is 3. The zero-order valence-corrected chi connectivity index (χ0v) is 22.9. The minimum absolute atomic E-state index is 0.0318. The fourth-order valence-electron chi connectivity index (χ4n) is 7.02. The summed E-state index contributed by atoms with van der Waals surface area (Å²) >= 11 is 0. The van der Waals surface area contributed by atoms with E-state index in [-0.39, 0.29) is 5.41 Å². The first-order valence-electron chi connectivity index (χ1n) is 14.3. The van der Waals surface area contributed by atoms with Gasteiger partial charge in [0.2, 0.25) is 5.95 Å². The maximum absolute atomic E-state index is 5.16. The van der Waals surface area contributed by atoms with Gasteiger partial charge in [0.05, 0.1) is 11.0 Å². The van der Waals surface area contributed by atoms with Crippen molar-refractivity contribution in [1.82, 2.24) is 19.5 Å². The van der Waals surface area contributed by atoms with Crippen molar-refractivity contribution >= 4 is 27.4 Å². The van der Waals surface area contributed by atoms with Gasteiger partial charge in [0.25, 0.3) is 0 Å². The number of rotatable bonds is 3. The second kappa shape index (κ2) is 8.72. The number of hydrogen-bond donors (Lipinski definition) is 0. The molecule has 2 aliphatic carbocycles. The summed E-state index contributed by atoms with van der Waals surface area (Å²) in [6.45, 7) is 4.81. The van der Waals surface area contributed by atoms with Gasteiger partial charge in [-0.25, -0.2) is 4.98 Å². The average molecular weight is 519 g/mol. The molecule has 0 N–H and O–H groups in total. The molecule has 0 saturated heterocycles. The third kappa shape index (κ3) is 3.35. The monoisotopic (exact) mass is 518 g/mol. The van der Waals surface area contributed by atoms with Crippen LogP contribution in [0.25, 0.3) is 56.1 Å². The number of benzene rings is 4. The van der Waals surface area contributed by atoms with E-state index in [0.29, 0.717) is 17.6 Å². The third-order valence-corrected chi connectivity index (χ3v) is 8.92. The molecule has 40 heavy (non-hydrogen) atoms. The fraction of sp³-hybridized carbons (Fsp3) is 0.194. The summed E-state index contributed by atoms with van der Waals surface area (Å²) in [7, 11) is 0. The molecule has 2 heterocycles. The summed E-state index contributed by atoms with van der Waals surface area (Å²) in [5.74, 6) is 2.02. The first-order chi connectivity index (χ1) is 19.6. The number of para-hydroxylation sites is 1. The maximum Gasteiger partial charge on any atom is 0.238 e. The summed E-state index contributed by atoms with van der Waals surface area (Å²) in [4.78, 5) is 15.3. The van der Waals surface area contributed by atoms with Crippen LogP contribution in [0.4, 0.5) is 0 Å². The van der Waals surface area contributed by atoms with E-state index < -0.39 is 0 Å². The van der Waals surface area contributed by atoms with Gasteiger partial charge in [-0.05, 0) is 42.9 Å². The Morgan fingerprint density at radius 3 is 1.95 bits per heavy atom. The van der Waals surface area contributed by atoms with Crippen molar-refractivity contribution in [3.63, 3.8) is 0 Å². The van der Waals surface area contributed by atoms with Crippen LogP contribution in [-0.2, 0) is 5.41 Å². The molecule has 0 atom stereocenters. The molecule has 4 nitrogen and oxygen atoms in total. The Labute approximate surface area is 234 Å². The molecule has 6 aromatic rings. The predicted octanol–water partition coefficient (Wildman–Crippen LogP) is 8.92. The highest BCUT2D eigenvalue weighted by Gasteiger charge is 2.40. The Morgan fingerprint density at radius 2 is 1.25 bits per heavy atom. The first kappa shape index (κ1) is 23.3. The van der Waals surface area contributed by atoms with E-state index in [1.54, 1.807) is 11.1 Å². The standard InChI is InChI=1S/C36H30N4/c1-36(2)28-19-11-9-18-27(28)31-29(36)22-21-26-25-17-10-12-20-30(25)40(32(26)31)35-38-33(23-13-5-3-6-14-23)37-34(39-35)24-15-7-4-8-16-24/h3-8,10,12-17,20-22H,9,11,18-19H2,1-2H3. The molecule has 2 aliphatic rings. The Hall–Kier alpha value is -4.57. The molecule has 0 fully saturated rings. The number of nitrogens with zero attached hydrogens (tertiary/aromatic N) is 4. The lowest BCUT2D eigenvalue weighted by molar-refractivity contribution is 0.574. The van der Waals surface area contributed by atoms with Crippen molar-refractivity contribution in [3.8, 4) is 28.7 Å². The molecule has 0 amide bonds. The number of allylic oxidation sites excluding steroid dienone is 2. The van der Waals surface area contributed by atoms with Crippen molar-refractivity contribution < 1.29 is 0 Å². The Morgan fingerprint density at radius 1 is 0.625 bits per heavy atom. The molecule has 0 aliphatic heterocycles. The Bertz CT molecular complexity index is 1910. The molecule has 0 unspecified atom stereocenters. The number of fused-ring (bicyclic) bond motifs is 6. The third-order valence-electron chi connectivity index (χ3n) is 8.92. The summed E-state index contributed by atoms with van der Waals surface area (Å²) < 4.78 is 2.31. The van der Waals surface area contributed by atoms with Gasteiger partial charge in [0.15, 0.2) is 11.6 Å². The fourth-order valence-corrected chi connectivity index (χ4v) is 7.02. The van der Waals surface area contributed by atoms with Crippen LogP contribution in [0.15, 0.2) is 103 Å². The van der Waals surface area contributed by atoms with Crippen molar-refractivity contribution in [1.29, 1.82) is 0 Å². The van der Waals surface area contributed by atoms with Gasteiger partial charge >= 0.3 is 0 Å². The molecule has 4 aromatic carbocycles. The van der Waals surface area contributed by atoms with Gasteiger partial charge < -0.3 is 0 Å². The highest BCUT2D eigenvalue weighted by atomic mass is 15.2. The van der Waals surface area contributed by atoms with Crippen LogP contribution in [-0.4, -0.2) is 19.5 Å². The van der Waals surface area contributed by atoms with Crippen LogP contribution < -0.4 is 0 Å². The SMILES string of the molecule is CC1(C)C2=C(CCCC2)c2c1ccc1c3ccccc3n(-c3nc(-c4ccccc4)nc(-c4ccccc4)n3)c21. The second-order valence-corrected chi connectivity index (χ2v) is 11.5. The smallest absolute Gasteiger partial charge is 0.238 e. The Kier molecular flexibility index (Phi) is 5.09. The van der Waals surface area contributed by atoms with Gasteiger partial charge in [0.1, 0.15) is 0 Å². The van der Waals surface area contributed by atoms with Crippen LogP contribution in [0.1, 0.15) is 50.7 Å². The van der Waals surface area contributed by atoms with Gasteiger partial charge in [-0.15, -0.1) is 0 Å². The van der Waals surface area contributed by atoms with Crippen LogP contribution in [0.2, 0.25) is 0 Å². The summed E-state index contributed by atoms with van der Waals surface area (Å²) in [6, 6.07) is 33.8. The van der Waals surface area contributed by atoms with Gasteiger partial charge in [-0.2, -0.15) is 9.97 Å². The van der Waals surface area contributed by atoms with E-state index in [0.717, 1.165) is 23.1 Å². The zero-order valence-electron chi connectivity index (χ0n) is 22.9. The summed E-state index contributed by atoms with van der Waals surface area (Å²) in [5.41, 5.74) is 10.3. The lowest BCUT2D eigenvalue weighted by Crippen LogP contribution is -2.18. The summed E-state index contributed by atoms with van der Waals surface area (Å²) in [5, 5.41) is 2.48. The number of aromatic nitrogens is 4.